The number of benzene rings is 1. The molecule has 2 rings (SSSR count). The Morgan fingerprint density at radius 3 is 2.76 bits per heavy atom. The number of morpholine rings is 1. The number of hydrogen-bond acceptors (Lipinski definition) is 3. The van der Waals surface area contributed by atoms with Gasteiger partial charge in [-0.05, 0) is 38.1 Å². The third kappa shape index (κ3) is 3.87. The first-order valence-electron chi connectivity index (χ1n) is 5.79. The Balaban J connectivity index is 1.84. The Bertz CT molecular complexity index is 364. The second-order valence-electron chi connectivity index (χ2n) is 5.01. The van der Waals surface area contributed by atoms with Crippen LogP contribution in [0.4, 0.5) is 0 Å². The van der Waals surface area contributed by atoms with Gasteiger partial charge in [-0.2, -0.15) is 0 Å². The average molecular weight is 256 g/mol. The van der Waals surface area contributed by atoms with Gasteiger partial charge < -0.3 is 14.8 Å². The summed E-state index contributed by atoms with van der Waals surface area (Å²) in [5.74, 6) is 0.833. The van der Waals surface area contributed by atoms with E-state index in [0.717, 1.165) is 17.4 Å². The summed E-state index contributed by atoms with van der Waals surface area (Å²) in [7, 11) is 0. The van der Waals surface area contributed by atoms with E-state index in [9.17, 15) is 0 Å². The van der Waals surface area contributed by atoms with Crippen LogP contribution in [-0.4, -0.2) is 31.4 Å². The third-order valence-corrected chi connectivity index (χ3v) is 2.89. The van der Waals surface area contributed by atoms with Crippen molar-refractivity contribution in [2.24, 2.45) is 0 Å². The molecule has 17 heavy (non-hydrogen) atoms. The number of nitrogens with one attached hydrogen (secondary N) is 1. The van der Waals surface area contributed by atoms with Crippen molar-refractivity contribution < 1.29 is 9.47 Å². The highest BCUT2D eigenvalue weighted by molar-refractivity contribution is 6.30. The van der Waals surface area contributed by atoms with Crippen LogP contribution < -0.4 is 10.1 Å². The summed E-state index contributed by atoms with van der Waals surface area (Å²) in [6.45, 7) is 6.29. The quantitative estimate of drug-likeness (QED) is 0.900. The van der Waals surface area contributed by atoms with Crippen LogP contribution in [0.1, 0.15) is 13.8 Å². The van der Waals surface area contributed by atoms with Crippen LogP contribution in [0, 0.1) is 0 Å². The molecule has 0 amide bonds. The maximum Gasteiger partial charge on any atom is 0.119 e. The van der Waals surface area contributed by atoms with Crippen molar-refractivity contribution >= 4 is 11.6 Å². The van der Waals surface area contributed by atoms with Crippen LogP contribution in [0.2, 0.25) is 5.02 Å². The molecule has 1 heterocycles. The van der Waals surface area contributed by atoms with Gasteiger partial charge in [0, 0.05) is 10.6 Å². The van der Waals surface area contributed by atoms with Crippen LogP contribution in [-0.2, 0) is 4.74 Å². The molecule has 0 spiro atoms. The predicted molar refractivity (Wildman–Crippen MR) is 68.8 cm³/mol. The molecule has 1 saturated heterocycles. The lowest BCUT2D eigenvalue weighted by Crippen LogP contribution is -2.57. The van der Waals surface area contributed by atoms with E-state index in [1.807, 2.05) is 24.3 Å². The number of ether oxygens (including phenoxy) is 2. The second-order valence-corrected chi connectivity index (χ2v) is 5.44. The van der Waals surface area contributed by atoms with Gasteiger partial charge in [0.1, 0.15) is 12.4 Å². The Morgan fingerprint density at radius 2 is 2.12 bits per heavy atom. The standard InChI is InChI=1S/C13H18ClNO2/c1-13(2)9-16-7-11(15-13)8-17-12-5-3-10(14)4-6-12/h3-6,11,15H,7-9H2,1-2H3. The third-order valence-electron chi connectivity index (χ3n) is 2.64. The molecule has 1 fully saturated rings. The molecular formula is C13H18ClNO2. The van der Waals surface area contributed by atoms with Gasteiger partial charge in [-0.1, -0.05) is 11.6 Å². The van der Waals surface area contributed by atoms with Crippen LogP contribution in [0.25, 0.3) is 0 Å². The largest absolute Gasteiger partial charge is 0.492 e. The molecule has 1 unspecified atom stereocenters. The Labute approximate surface area is 107 Å². The lowest BCUT2D eigenvalue weighted by atomic mass is 10.0. The topological polar surface area (TPSA) is 30.5 Å². The van der Waals surface area contributed by atoms with Gasteiger partial charge in [0.25, 0.3) is 0 Å². The number of hydrogen-bond donors (Lipinski definition) is 1. The minimum absolute atomic E-state index is 0.0201. The van der Waals surface area contributed by atoms with Crippen LogP contribution >= 0.6 is 11.6 Å². The molecule has 0 bridgehead atoms. The van der Waals surface area contributed by atoms with Gasteiger partial charge in [-0.3, -0.25) is 0 Å². The van der Waals surface area contributed by atoms with Crippen molar-refractivity contribution in [2.75, 3.05) is 19.8 Å². The molecule has 94 valence electrons. The molecule has 1 N–H and O–H groups in total. The van der Waals surface area contributed by atoms with Gasteiger partial charge in [-0.25, -0.2) is 0 Å². The minimum Gasteiger partial charge on any atom is -0.492 e. The fourth-order valence-corrected chi connectivity index (χ4v) is 2.04. The normalized spacial score (nSPS) is 23.4. The van der Waals surface area contributed by atoms with Crippen molar-refractivity contribution in [3.63, 3.8) is 0 Å². The lowest BCUT2D eigenvalue weighted by molar-refractivity contribution is 0.000948. The summed E-state index contributed by atoms with van der Waals surface area (Å²) in [5.41, 5.74) is 0.0201. The molecule has 0 aromatic heterocycles. The first-order chi connectivity index (χ1) is 8.05. The fourth-order valence-electron chi connectivity index (χ4n) is 1.91. The van der Waals surface area contributed by atoms with Crippen molar-refractivity contribution in [1.29, 1.82) is 0 Å². The Kier molecular flexibility index (Phi) is 3.92. The monoisotopic (exact) mass is 255 g/mol. The van der Waals surface area contributed by atoms with Crippen LogP contribution in [0.3, 0.4) is 0 Å². The average Bonchev–Trinajstić information content (AvgIpc) is 2.27. The van der Waals surface area contributed by atoms with Gasteiger partial charge >= 0.3 is 0 Å². The zero-order chi connectivity index (χ0) is 12.3. The first kappa shape index (κ1) is 12.7. The van der Waals surface area contributed by atoms with Crippen molar-refractivity contribution in [3.05, 3.63) is 29.3 Å². The van der Waals surface area contributed by atoms with E-state index in [-0.39, 0.29) is 11.6 Å². The van der Waals surface area contributed by atoms with E-state index < -0.39 is 0 Å². The van der Waals surface area contributed by atoms with E-state index >= 15 is 0 Å². The molecule has 1 aliphatic heterocycles. The van der Waals surface area contributed by atoms with Crippen molar-refractivity contribution in [2.45, 2.75) is 25.4 Å². The molecule has 3 nitrogen and oxygen atoms in total. The van der Waals surface area contributed by atoms with Gasteiger partial charge in [0.15, 0.2) is 0 Å². The van der Waals surface area contributed by atoms with Crippen LogP contribution in [0.5, 0.6) is 5.75 Å². The molecule has 1 atom stereocenters. The van der Waals surface area contributed by atoms with Crippen molar-refractivity contribution in [3.8, 4) is 5.75 Å². The lowest BCUT2D eigenvalue weighted by Gasteiger charge is -2.36. The molecular weight excluding hydrogens is 238 g/mol. The molecule has 1 aromatic carbocycles. The van der Waals surface area contributed by atoms with Gasteiger partial charge in [-0.15, -0.1) is 0 Å². The maximum absolute atomic E-state index is 5.81. The van der Waals surface area contributed by atoms with E-state index in [2.05, 4.69) is 19.2 Å². The smallest absolute Gasteiger partial charge is 0.119 e. The Hall–Kier alpha value is -0.770. The molecule has 0 saturated carbocycles. The second kappa shape index (κ2) is 5.25. The van der Waals surface area contributed by atoms with Gasteiger partial charge in [0.2, 0.25) is 0 Å². The summed E-state index contributed by atoms with van der Waals surface area (Å²) < 4.78 is 11.2. The minimum atomic E-state index is 0.0201. The fraction of sp³-hybridized carbons (Fsp3) is 0.538. The highest BCUT2D eigenvalue weighted by Crippen LogP contribution is 2.17. The molecule has 0 radical (unpaired) electrons. The highest BCUT2D eigenvalue weighted by Gasteiger charge is 2.27. The summed E-state index contributed by atoms with van der Waals surface area (Å²) in [5, 5.41) is 4.22. The molecule has 1 aromatic rings. The van der Waals surface area contributed by atoms with E-state index in [0.29, 0.717) is 13.2 Å². The predicted octanol–water partition coefficient (Wildman–Crippen LogP) is 2.49. The van der Waals surface area contributed by atoms with Crippen LogP contribution in [0.15, 0.2) is 24.3 Å². The summed E-state index contributed by atoms with van der Waals surface area (Å²) in [4.78, 5) is 0. The Morgan fingerprint density at radius 1 is 1.41 bits per heavy atom. The molecule has 1 aliphatic rings. The summed E-state index contributed by atoms with van der Waals surface area (Å²) in [6, 6.07) is 7.63. The number of halogens is 1. The highest BCUT2D eigenvalue weighted by atomic mass is 35.5. The van der Waals surface area contributed by atoms with E-state index in [4.69, 9.17) is 21.1 Å². The zero-order valence-corrected chi connectivity index (χ0v) is 11.0. The van der Waals surface area contributed by atoms with E-state index in [1.54, 1.807) is 0 Å². The maximum atomic E-state index is 5.81. The molecule has 0 aliphatic carbocycles. The van der Waals surface area contributed by atoms with E-state index in [1.165, 1.54) is 0 Å². The zero-order valence-electron chi connectivity index (χ0n) is 10.2. The van der Waals surface area contributed by atoms with Crippen molar-refractivity contribution in [1.82, 2.24) is 5.32 Å². The SMILES string of the molecule is CC1(C)COCC(COc2ccc(Cl)cc2)N1. The summed E-state index contributed by atoms with van der Waals surface area (Å²) >= 11 is 5.81. The first-order valence-corrected chi connectivity index (χ1v) is 6.17. The van der Waals surface area contributed by atoms with Gasteiger partial charge in [0.05, 0.1) is 19.3 Å². The summed E-state index contributed by atoms with van der Waals surface area (Å²) in [6.07, 6.45) is 0. The number of rotatable bonds is 3. The molecule has 4 heteroatoms.